The number of hydrogen-bond acceptors (Lipinski definition) is 4. The van der Waals surface area contributed by atoms with Crippen molar-refractivity contribution < 1.29 is 19.1 Å². The van der Waals surface area contributed by atoms with Crippen LogP contribution in [0, 0.1) is 0 Å². The quantitative estimate of drug-likeness (QED) is 0.726. The van der Waals surface area contributed by atoms with Crippen LogP contribution in [0.4, 0.5) is 0 Å². The molecule has 25 heavy (non-hydrogen) atoms. The Morgan fingerprint density at radius 3 is 2.48 bits per heavy atom. The third-order valence-electron chi connectivity index (χ3n) is 5.77. The van der Waals surface area contributed by atoms with Gasteiger partial charge in [-0.25, -0.2) is 0 Å². The van der Waals surface area contributed by atoms with Gasteiger partial charge in [0.1, 0.15) is 22.7 Å². The lowest BCUT2D eigenvalue weighted by atomic mass is 9.81. The summed E-state index contributed by atoms with van der Waals surface area (Å²) < 4.78 is 12.5. The molecule has 0 aromatic heterocycles. The fourth-order valence-corrected chi connectivity index (χ4v) is 4.15. The minimum Gasteiger partial charge on any atom is -0.487 e. The van der Waals surface area contributed by atoms with Crippen molar-refractivity contribution in [2.45, 2.75) is 64.1 Å². The molecule has 1 fully saturated rings. The second-order valence-corrected chi connectivity index (χ2v) is 8.21. The maximum atomic E-state index is 12.8. The molecule has 0 radical (unpaired) electrons. The number of carbonyl (C=O) groups excluding carboxylic acids is 2. The minimum atomic E-state index is -0.478. The molecule has 0 saturated carbocycles. The van der Waals surface area contributed by atoms with Crippen LogP contribution in [0.2, 0.25) is 0 Å². The van der Waals surface area contributed by atoms with Gasteiger partial charge < -0.3 is 14.4 Å². The average molecular weight is 343 g/mol. The van der Waals surface area contributed by atoms with Crippen LogP contribution in [-0.4, -0.2) is 40.9 Å². The summed E-state index contributed by atoms with van der Waals surface area (Å²) in [6.45, 7) is 7.05. The molecule has 5 heteroatoms. The summed E-state index contributed by atoms with van der Waals surface area (Å²) in [5.74, 6) is 1.71. The predicted octanol–water partition coefficient (Wildman–Crippen LogP) is 3.14. The Bertz CT molecular complexity index is 744. The number of amides is 1. The van der Waals surface area contributed by atoms with Gasteiger partial charge in [-0.15, -0.1) is 0 Å². The van der Waals surface area contributed by atoms with Gasteiger partial charge in [-0.2, -0.15) is 0 Å². The van der Waals surface area contributed by atoms with E-state index < -0.39 is 5.60 Å². The van der Waals surface area contributed by atoms with Gasteiger partial charge in [0, 0.05) is 38.9 Å². The number of rotatable bonds is 0. The van der Waals surface area contributed by atoms with Crippen molar-refractivity contribution in [1.82, 2.24) is 4.90 Å². The van der Waals surface area contributed by atoms with Gasteiger partial charge in [-0.3, -0.25) is 9.59 Å². The standard InChI is InChI=1S/C20H25NO4/c1-13(22)21-8-6-20(7-9-21)12-16(23)15-10-14-4-5-19(2,3)24-17(14)11-18(15)25-20/h10-11H,4-9,12H2,1-3H3. The highest BCUT2D eigenvalue weighted by atomic mass is 16.5. The molecule has 1 saturated heterocycles. The van der Waals surface area contributed by atoms with Gasteiger partial charge in [0.2, 0.25) is 5.91 Å². The molecule has 1 spiro atoms. The van der Waals surface area contributed by atoms with Crippen molar-refractivity contribution in [1.29, 1.82) is 0 Å². The number of hydrogen-bond donors (Lipinski definition) is 0. The summed E-state index contributed by atoms with van der Waals surface area (Å²) in [6.07, 6.45) is 3.65. The number of carbonyl (C=O) groups is 2. The molecule has 1 amide bonds. The largest absolute Gasteiger partial charge is 0.487 e. The first-order valence-corrected chi connectivity index (χ1v) is 9.11. The average Bonchev–Trinajstić information content (AvgIpc) is 2.53. The summed E-state index contributed by atoms with van der Waals surface area (Å²) in [5.41, 5.74) is 1.11. The number of ether oxygens (including phenoxy) is 2. The molecule has 0 N–H and O–H groups in total. The van der Waals surface area contributed by atoms with E-state index in [1.165, 1.54) is 0 Å². The summed E-state index contributed by atoms with van der Waals surface area (Å²) >= 11 is 0. The van der Waals surface area contributed by atoms with Crippen LogP contribution in [0.5, 0.6) is 11.5 Å². The molecule has 1 aromatic rings. The lowest BCUT2D eigenvalue weighted by molar-refractivity contribution is -0.132. The maximum Gasteiger partial charge on any atom is 0.219 e. The minimum absolute atomic E-state index is 0.0853. The van der Waals surface area contributed by atoms with Crippen LogP contribution in [0.15, 0.2) is 12.1 Å². The molecule has 5 nitrogen and oxygen atoms in total. The fourth-order valence-electron chi connectivity index (χ4n) is 4.15. The first-order valence-electron chi connectivity index (χ1n) is 9.11. The van der Waals surface area contributed by atoms with Crippen molar-refractivity contribution in [3.63, 3.8) is 0 Å². The van der Waals surface area contributed by atoms with Crippen LogP contribution in [0.25, 0.3) is 0 Å². The predicted molar refractivity (Wildman–Crippen MR) is 93.3 cm³/mol. The van der Waals surface area contributed by atoms with Crippen LogP contribution < -0.4 is 9.47 Å². The van der Waals surface area contributed by atoms with E-state index >= 15 is 0 Å². The molecular formula is C20H25NO4. The zero-order valence-corrected chi connectivity index (χ0v) is 15.2. The SMILES string of the molecule is CC(=O)N1CCC2(CC1)CC(=O)c1cc3c(cc1O2)OC(C)(C)CC3. The molecule has 0 atom stereocenters. The zero-order chi connectivity index (χ0) is 17.8. The van der Waals surface area contributed by atoms with Gasteiger partial charge in [0.05, 0.1) is 12.0 Å². The Balaban J connectivity index is 1.62. The lowest BCUT2D eigenvalue weighted by Crippen LogP contribution is -2.52. The number of aryl methyl sites for hydroxylation is 1. The molecule has 4 rings (SSSR count). The lowest BCUT2D eigenvalue weighted by Gasteiger charge is -2.44. The highest BCUT2D eigenvalue weighted by molar-refractivity contribution is 6.01. The van der Waals surface area contributed by atoms with Crippen molar-refractivity contribution >= 4 is 11.7 Å². The third-order valence-corrected chi connectivity index (χ3v) is 5.77. The number of benzene rings is 1. The third kappa shape index (κ3) is 2.90. The highest BCUT2D eigenvalue weighted by Crippen LogP contribution is 2.44. The van der Waals surface area contributed by atoms with Gasteiger partial charge >= 0.3 is 0 Å². The monoisotopic (exact) mass is 343 g/mol. The second kappa shape index (κ2) is 5.48. The van der Waals surface area contributed by atoms with Crippen molar-refractivity contribution in [3.05, 3.63) is 23.3 Å². The second-order valence-electron chi connectivity index (χ2n) is 8.21. The van der Waals surface area contributed by atoms with Crippen LogP contribution >= 0.6 is 0 Å². The molecular weight excluding hydrogens is 318 g/mol. The zero-order valence-electron chi connectivity index (χ0n) is 15.2. The number of Topliss-reactive ketones (excluding diaryl/α,β-unsaturated/α-hetero) is 1. The summed E-state index contributed by atoms with van der Waals surface area (Å²) in [5, 5.41) is 0. The Kier molecular flexibility index (Phi) is 3.60. The van der Waals surface area contributed by atoms with Crippen molar-refractivity contribution in [2.24, 2.45) is 0 Å². The molecule has 3 heterocycles. The van der Waals surface area contributed by atoms with E-state index in [1.54, 1.807) is 6.92 Å². The number of ketones is 1. The van der Waals surface area contributed by atoms with E-state index in [0.717, 1.165) is 24.2 Å². The molecule has 0 bridgehead atoms. The smallest absolute Gasteiger partial charge is 0.219 e. The van der Waals surface area contributed by atoms with Gasteiger partial charge in [-0.05, 0) is 38.3 Å². The summed E-state index contributed by atoms with van der Waals surface area (Å²) in [7, 11) is 0. The number of nitrogens with zero attached hydrogens (tertiary/aromatic N) is 1. The van der Waals surface area contributed by atoms with Crippen molar-refractivity contribution in [2.75, 3.05) is 13.1 Å². The molecule has 1 aromatic carbocycles. The molecule has 134 valence electrons. The topological polar surface area (TPSA) is 55.8 Å². The van der Waals surface area contributed by atoms with E-state index in [0.29, 0.717) is 43.7 Å². The van der Waals surface area contributed by atoms with E-state index in [9.17, 15) is 9.59 Å². The Hall–Kier alpha value is -2.04. The van der Waals surface area contributed by atoms with Crippen LogP contribution in [0.1, 0.15) is 62.4 Å². The first kappa shape index (κ1) is 16.4. The van der Waals surface area contributed by atoms with E-state index in [2.05, 4.69) is 13.8 Å². The van der Waals surface area contributed by atoms with Crippen LogP contribution in [0.3, 0.4) is 0 Å². The Labute approximate surface area is 148 Å². The molecule has 3 aliphatic rings. The van der Waals surface area contributed by atoms with E-state index in [4.69, 9.17) is 9.47 Å². The summed E-state index contributed by atoms with van der Waals surface area (Å²) in [6, 6.07) is 3.86. The molecule has 0 unspecified atom stereocenters. The molecule has 0 aliphatic carbocycles. The van der Waals surface area contributed by atoms with E-state index in [1.807, 2.05) is 17.0 Å². The van der Waals surface area contributed by atoms with Crippen LogP contribution in [-0.2, 0) is 11.2 Å². The van der Waals surface area contributed by atoms with Gasteiger partial charge in [0.25, 0.3) is 0 Å². The number of likely N-dealkylation sites (tertiary alicyclic amines) is 1. The van der Waals surface area contributed by atoms with Gasteiger partial charge in [-0.1, -0.05) is 0 Å². The van der Waals surface area contributed by atoms with Gasteiger partial charge in [0.15, 0.2) is 5.78 Å². The maximum absolute atomic E-state index is 12.8. The number of piperidine rings is 1. The normalized spacial score (nSPS) is 23.3. The highest BCUT2D eigenvalue weighted by Gasteiger charge is 2.44. The molecule has 3 aliphatic heterocycles. The Morgan fingerprint density at radius 2 is 1.80 bits per heavy atom. The Morgan fingerprint density at radius 1 is 1.08 bits per heavy atom. The van der Waals surface area contributed by atoms with Crippen molar-refractivity contribution in [3.8, 4) is 11.5 Å². The fraction of sp³-hybridized carbons (Fsp3) is 0.600. The summed E-state index contributed by atoms with van der Waals surface area (Å²) in [4.78, 5) is 26.2. The van der Waals surface area contributed by atoms with E-state index in [-0.39, 0.29) is 17.3 Å². The first-order chi connectivity index (χ1) is 11.8. The number of fused-ring (bicyclic) bond motifs is 2.